The van der Waals surface area contributed by atoms with Gasteiger partial charge in [0.15, 0.2) is 0 Å². The van der Waals surface area contributed by atoms with Gasteiger partial charge in [-0.25, -0.2) is 0 Å². The van der Waals surface area contributed by atoms with E-state index in [2.05, 4.69) is 20.8 Å². The summed E-state index contributed by atoms with van der Waals surface area (Å²) in [4.78, 5) is 23.3. The molecule has 0 aliphatic rings. The van der Waals surface area contributed by atoms with Crippen LogP contribution in [0.25, 0.3) is 0 Å². The smallest absolute Gasteiger partial charge is 0.306 e. The van der Waals surface area contributed by atoms with Crippen LogP contribution < -0.4 is 0 Å². The lowest BCUT2D eigenvalue weighted by molar-refractivity contribution is -0.145. The minimum absolute atomic E-state index is 0.0277. The molecule has 0 aliphatic carbocycles. The summed E-state index contributed by atoms with van der Waals surface area (Å²) in [5.74, 6) is 0.369. The van der Waals surface area contributed by atoms with Crippen molar-refractivity contribution in [2.24, 2.45) is 5.92 Å². The van der Waals surface area contributed by atoms with Crippen LogP contribution in [0.2, 0.25) is 0 Å². The Labute approximate surface area is 180 Å². The van der Waals surface area contributed by atoms with Crippen LogP contribution in [0.3, 0.4) is 0 Å². The van der Waals surface area contributed by atoms with Crippen LogP contribution in [-0.2, 0) is 19.1 Å². The lowest BCUT2D eigenvalue weighted by Gasteiger charge is -2.11. The van der Waals surface area contributed by atoms with Gasteiger partial charge in [-0.3, -0.25) is 9.59 Å². The van der Waals surface area contributed by atoms with Gasteiger partial charge in [0.05, 0.1) is 13.2 Å². The molecule has 0 fully saturated rings. The molecule has 0 aromatic rings. The summed E-state index contributed by atoms with van der Waals surface area (Å²) in [6.45, 7) is 7.63. The molecule has 0 rings (SSSR count). The van der Waals surface area contributed by atoms with Crippen molar-refractivity contribution < 1.29 is 19.1 Å². The largest absolute Gasteiger partial charge is 0.466 e. The summed E-state index contributed by atoms with van der Waals surface area (Å²) in [7, 11) is 0. The van der Waals surface area contributed by atoms with Crippen LogP contribution in [0.1, 0.15) is 130 Å². The number of hydrogen-bond acceptors (Lipinski definition) is 4. The second-order valence-electron chi connectivity index (χ2n) is 8.53. The zero-order valence-electron chi connectivity index (χ0n) is 19.6. The first-order valence-electron chi connectivity index (χ1n) is 12.4. The third-order valence-electron chi connectivity index (χ3n) is 5.36. The molecule has 0 spiro atoms. The third-order valence-corrected chi connectivity index (χ3v) is 5.36. The van der Waals surface area contributed by atoms with Gasteiger partial charge in [0.25, 0.3) is 0 Å². The Balaban J connectivity index is 3.33. The van der Waals surface area contributed by atoms with Gasteiger partial charge in [-0.1, -0.05) is 97.8 Å². The summed E-state index contributed by atoms with van der Waals surface area (Å²) in [5.41, 5.74) is 0. The average Bonchev–Trinajstić information content (AvgIpc) is 2.70. The summed E-state index contributed by atoms with van der Waals surface area (Å²) < 4.78 is 10.5. The van der Waals surface area contributed by atoms with Gasteiger partial charge >= 0.3 is 11.9 Å². The molecule has 1 unspecified atom stereocenters. The number of unbranched alkanes of at least 4 members (excludes halogenated alkanes) is 11. The van der Waals surface area contributed by atoms with Gasteiger partial charge < -0.3 is 9.47 Å². The van der Waals surface area contributed by atoms with E-state index in [4.69, 9.17) is 9.47 Å². The zero-order valence-corrected chi connectivity index (χ0v) is 19.6. The first kappa shape index (κ1) is 27.9. The molecule has 4 heteroatoms. The van der Waals surface area contributed by atoms with Crippen LogP contribution in [0.4, 0.5) is 0 Å². The number of carbonyl (C=O) groups excluding carboxylic acids is 2. The molecule has 4 nitrogen and oxygen atoms in total. The molecule has 29 heavy (non-hydrogen) atoms. The van der Waals surface area contributed by atoms with Gasteiger partial charge in [-0.05, 0) is 25.2 Å². The Hall–Kier alpha value is -1.06. The van der Waals surface area contributed by atoms with Crippen molar-refractivity contribution >= 4 is 11.9 Å². The number of rotatable bonds is 21. The van der Waals surface area contributed by atoms with E-state index < -0.39 is 0 Å². The fraction of sp³-hybridized carbons (Fsp3) is 0.920. The molecule has 0 aliphatic heterocycles. The third kappa shape index (κ3) is 21.5. The minimum atomic E-state index is -0.0292. The molecule has 172 valence electrons. The monoisotopic (exact) mass is 412 g/mol. The fourth-order valence-electron chi connectivity index (χ4n) is 3.42. The van der Waals surface area contributed by atoms with E-state index in [9.17, 15) is 9.59 Å². The van der Waals surface area contributed by atoms with Crippen molar-refractivity contribution in [2.75, 3.05) is 13.2 Å². The van der Waals surface area contributed by atoms with Gasteiger partial charge in [-0.2, -0.15) is 0 Å². The number of ether oxygens (including phenoxy) is 2. The molecule has 0 amide bonds. The fourth-order valence-corrected chi connectivity index (χ4v) is 3.42. The highest BCUT2D eigenvalue weighted by molar-refractivity contribution is 5.69. The van der Waals surface area contributed by atoms with Crippen molar-refractivity contribution in [3.05, 3.63) is 0 Å². The Bertz CT molecular complexity index is 381. The average molecular weight is 413 g/mol. The molecule has 0 aromatic carbocycles. The normalized spacial score (nSPS) is 12.0. The maximum atomic E-state index is 11.7. The van der Waals surface area contributed by atoms with Crippen LogP contribution in [0.15, 0.2) is 0 Å². The molecule has 0 aromatic heterocycles. The predicted octanol–water partition coefficient (Wildman–Crippen LogP) is 7.38. The Morgan fingerprint density at radius 1 is 0.621 bits per heavy atom. The molecule has 0 bridgehead atoms. The molecule has 1 atom stereocenters. The van der Waals surface area contributed by atoms with E-state index in [1.165, 1.54) is 38.5 Å². The summed E-state index contributed by atoms with van der Waals surface area (Å²) in [5, 5.41) is 0. The Kier molecular flexibility index (Phi) is 20.9. The van der Waals surface area contributed by atoms with Crippen molar-refractivity contribution in [3.63, 3.8) is 0 Å². The highest BCUT2D eigenvalue weighted by Gasteiger charge is 2.10. The van der Waals surface area contributed by atoms with Gasteiger partial charge in [0, 0.05) is 12.8 Å². The topological polar surface area (TPSA) is 52.6 Å². The molecule has 0 saturated carbocycles. The highest BCUT2D eigenvalue weighted by Crippen LogP contribution is 2.16. The highest BCUT2D eigenvalue weighted by atomic mass is 16.5. The van der Waals surface area contributed by atoms with Crippen molar-refractivity contribution in [1.29, 1.82) is 0 Å². The maximum Gasteiger partial charge on any atom is 0.306 e. The lowest BCUT2D eigenvalue weighted by Crippen LogP contribution is -2.10. The molecule has 0 N–H and O–H groups in total. The quantitative estimate of drug-likeness (QED) is 0.146. The molecular formula is C25H48O4. The zero-order chi connectivity index (χ0) is 21.6. The first-order chi connectivity index (χ1) is 14.1. The van der Waals surface area contributed by atoms with Crippen molar-refractivity contribution in [1.82, 2.24) is 0 Å². The van der Waals surface area contributed by atoms with E-state index in [1.54, 1.807) is 0 Å². The number of hydrogen-bond donors (Lipinski definition) is 0. The van der Waals surface area contributed by atoms with E-state index in [-0.39, 0.29) is 11.9 Å². The second-order valence-corrected chi connectivity index (χ2v) is 8.53. The van der Waals surface area contributed by atoms with E-state index in [0.717, 1.165) is 57.8 Å². The van der Waals surface area contributed by atoms with E-state index in [1.807, 2.05) is 0 Å². The first-order valence-corrected chi connectivity index (χ1v) is 12.4. The van der Waals surface area contributed by atoms with E-state index >= 15 is 0 Å². The number of carbonyl (C=O) groups is 2. The summed E-state index contributed by atoms with van der Waals surface area (Å²) >= 11 is 0. The minimum Gasteiger partial charge on any atom is -0.466 e. The standard InChI is InChI=1S/C25H48O4/c1-4-6-16-20-28-24(26)19-15-13-11-9-8-10-12-14-18-23(3)22-25(27)29-21-17-7-5-2/h23H,4-22H2,1-3H3. The molecule has 0 heterocycles. The van der Waals surface area contributed by atoms with Crippen molar-refractivity contribution in [3.8, 4) is 0 Å². The van der Waals surface area contributed by atoms with Crippen molar-refractivity contribution in [2.45, 2.75) is 130 Å². The second kappa shape index (κ2) is 21.6. The summed E-state index contributed by atoms with van der Waals surface area (Å²) in [6, 6.07) is 0. The Morgan fingerprint density at radius 2 is 1.10 bits per heavy atom. The van der Waals surface area contributed by atoms with Gasteiger partial charge in [0.2, 0.25) is 0 Å². The Morgan fingerprint density at radius 3 is 1.66 bits per heavy atom. The maximum absolute atomic E-state index is 11.7. The van der Waals surface area contributed by atoms with Gasteiger partial charge in [-0.15, -0.1) is 0 Å². The van der Waals surface area contributed by atoms with Crippen LogP contribution >= 0.6 is 0 Å². The van der Waals surface area contributed by atoms with Crippen LogP contribution in [0.5, 0.6) is 0 Å². The summed E-state index contributed by atoms with van der Waals surface area (Å²) in [6.07, 6.45) is 18.4. The number of esters is 2. The molecule has 0 saturated heterocycles. The lowest BCUT2D eigenvalue weighted by atomic mass is 9.99. The van der Waals surface area contributed by atoms with E-state index in [0.29, 0.717) is 32.0 Å². The van der Waals surface area contributed by atoms with Crippen LogP contribution in [-0.4, -0.2) is 25.2 Å². The van der Waals surface area contributed by atoms with Gasteiger partial charge in [0.1, 0.15) is 0 Å². The predicted molar refractivity (Wildman–Crippen MR) is 121 cm³/mol. The van der Waals surface area contributed by atoms with Crippen LogP contribution in [0, 0.1) is 5.92 Å². The molecular weight excluding hydrogens is 364 g/mol. The SMILES string of the molecule is CCCCCOC(=O)CCCCCCCCCCC(C)CC(=O)OCCCCC. The molecule has 0 radical (unpaired) electrons.